The number of likely N-dealkylation sites (tertiary alicyclic amines) is 1. The van der Waals surface area contributed by atoms with Gasteiger partial charge in [-0.15, -0.1) is 0 Å². The van der Waals surface area contributed by atoms with Crippen LogP contribution in [-0.4, -0.2) is 44.6 Å². The Kier molecular flexibility index (Phi) is 6.62. The third-order valence-electron chi connectivity index (χ3n) is 6.34. The second-order valence-electron chi connectivity index (χ2n) is 8.81. The van der Waals surface area contributed by atoms with Crippen molar-refractivity contribution in [1.82, 2.24) is 9.62 Å². The lowest BCUT2D eigenvalue weighted by molar-refractivity contribution is -0.132. The summed E-state index contributed by atoms with van der Waals surface area (Å²) in [5.41, 5.74) is 2.54. The smallest absolute Gasteiger partial charge is 0.263 e. The maximum absolute atomic E-state index is 13.3. The molecule has 3 atom stereocenters. The summed E-state index contributed by atoms with van der Waals surface area (Å²) in [5.74, 6) is -0.0705. The summed E-state index contributed by atoms with van der Waals surface area (Å²) in [6, 6.07) is 14.0. The number of halogens is 2. The number of hydrogen-bond donors (Lipinski definition) is 1. The lowest BCUT2D eigenvalue weighted by Crippen LogP contribution is -2.36. The van der Waals surface area contributed by atoms with Crippen LogP contribution >= 0.6 is 0 Å². The molecule has 32 heavy (non-hydrogen) atoms. The number of nitrogens with one attached hydrogen (secondary N) is 1. The molecule has 5 nitrogen and oxygen atoms in total. The Labute approximate surface area is 187 Å². The number of carbonyl (C=O) groups excluding carboxylic acids is 1. The number of carbonyl (C=O) groups is 1. The lowest BCUT2D eigenvalue weighted by atomic mass is 9.93. The minimum atomic E-state index is -3.27. The van der Waals surface area contributed by atoms with E-state index in [1.54, 1.807) is 12.1 Å². The van der Waals surface area contributed by atoms with E-state index in [0.717, 1.165) is 29.4 Å². The van der Waals surface area contributed by atoms with Crippen molar-refractivity contribution >= 4 is 15.9 Å². The van der Waals surface area contributed by atoms with Crippen molar-refractivity contribution in [2.24, 2.45) is 5.92 Å². The monoisotopic (exact) mass is 462 g/mol. The first-order valence-corrected chi connectivity index (χ1v) is 12.9. The zero-order valence-corrected chi connectivity index (χ0v) is 18.8. The van der Waals surface area contributed by atoms with Crippen LogP contribution in [0.5, 0.6) is 0 Å². The van der Waals surface area contributed by atoms with Gasteiger partial charge in [0, 0.05) is 30.6 Å². The molecule has 0 spiro atoms. The maximum atomic E-state index is 13.3. The van der Waals surface area contributed by atoms with Crippen LogP contribution < -0.4 is 4.72 Å². The van der Waals surface area contributed by atoms with Gasteiger partial charge in [-0.1, -0.05) is 42.5 Å². The van der Waals surface area contributed by atoms with Crippen molar-refractivity contribution in [3.8, 4) is 11.1 Å². The van der Waals surface area contributed by atoms with E-state index in [2.05, 4.69) is 4.72 Å². The van der Waals surface area contributed by atoms with Crippen LogP contribution in [0.1, 0.15) is 49.2 Å². The normalized spacial score (nSPS) is 23.8. The zero-order chi connectivity index (χ0) is 22.9. The van der Waals surface area contributed by atoms with Crippen LogP contribution in [0.15, 0.2) is 48.5 Å². The highest BCUT2D eigenvalue weighted by atomic mass is 32.2. The molecule has 1 aliphatic carbocycles. The molecule has 2 aromatic carbocycles. The first-order valence-electron chi connectivity index (χ1n) is 11.0. The Hall–Kier alpha value is -2.32. The topological polar surface area (TPSA) is 66.5 Å². The van der Waals surface area contributed by atoms with Crippen LogP contribution in [0, 0.1) is 5.92 Å². The fourth-order valence-corrected chi connectivity index (χ4v) is 5.53. The van der Waals surface area contributed by atoms with Crippen molar-refractivity contribution in [1.29, 1.82) is 0 Å². The fraction of sp³-hybridized carbons (Fsp3) is 0.458. The molecule has 2 aromatic rings. The Bertz CT molecular complexity index is 1080. The molecule has 172 valence electrons. The quantitative estimate of drug-likeness (QED) is 0.695. The summed E-state index contributed by atoms with van der Waals surface area (Å²) in [6.45, 7) is 1.13. The highest BCUT2D eigenvalue weighted by Gasteiger charge is 2.47. The van der Waals surface area contributed by atoms with Crippen LogP contribution in [-0.2, 0) is 14.8 Å². The van der Waals surface area contributed by atoms with E-state index in [0.29, 0.717) is 32.4 Å². The van der Waals surface area contributed by atoms with Gasteiger partial charge in [0.15, 0.2) is 0 Å². The predicted molar refractivity (Wildman–Crippen MR) is 120 cm³/mol. The SMILES string of the molecule is CS(=O)(=O)N[C@H]1CCCN(C(=O)[C@@H]2C[C@H]2c2ccc(C(F)F)cc2-c2ccccc2)CC1. The van der Waals surface area contributed by atoms with E-state index < -0.39 is 16.4 Å². The molecule has 2 fully saturated rings. The van der Waals surface area contributed by atoms with Gasteiger partial charge < -0.3 is 4.90 Å². The molecule has 1 saturated carbocycles. The van der Waals surface area contributed by atoms with Crippen molar-refractivity contribution in [3.05, 3.63) is 59.7 Å². The average Bonchev–Trinajstić information content (AvgIpc) is 3.57. The summed E-state index contributed by atoms with van der Waals surface area (Å²) in [6.07, 6.45) is 1.35. The van der Waals surface area contributed by atoms with Crippen LogP contribution in [0.2, 0.25) is 0 Å². The molecular weight excluding hydrogens is 434 g/mol. The minimum absolute atomic E-state index is 0.0117. The summed E-state index contributed by atoms with van der Waals surface area (Å²) in [7, 11) is -3.27. The molecule has 0 unspecified atom stereocenters. The second-order valence-corrected chi connectivity index (χ2v) is 10.6. The van der Waals surface area contributed by atoms with Crippen LogP contribution in [0.4, 0.5) is 8.78 Å². The summed E-state index contributed by atoms with van der Waals surface area (Å²) >= 11 is 0. The lowest BCUT2D eigenvalue weighted by Gasteiger charge is -2.21. The molecule has 8 heteroatoms. The summed E-state index contributed by atoms with van der Waals surface area (Å²) in [5, 5.41) is 0. The van der Waals surface area contributed by atoms with Gasteiger partial charge in [0.25, 0.3) is 6.43 Å². The highest BCUT2D eigenvalue weighted by Crippen LogP contribution is 2.51. The van der Waals surface area contributed by atoms with Gasteiger partial charge in [0.1, 0.15) is 0 Å². The largest absolute Gasteiger partial charge is 0.342 e. The molecule has 1 amide bonds. The molecule has 1 N–H and O–H groups in total. The Morgan fingerprint density at radius 3 is 2.53 bits per heavy atom. The number of hydrogen-bond acceptors (Lipinski definition) is 3. The number of benzene rings is 2. The number of sulfonamides is 1. The fourth-order valence-electron chi connectivity index (χ4n) is 4.68. The van der Waals surface area contributed by atoms with Crippen LogP contribution in [0.25, 0.3) is 11.1 Å². The Morgan fingerprint density at radius 1 is 1.09 bits per heavy atom. The number of rotatable bonds is 6. The first-order chi connectivity index (χ1) is 15.2. The van der Waals surface area contributed by atoms with E-state index >= 15 is 0 Å². The van der Waals surface area contributed by atoms with Gasteiger partial charge in [-0.25, -0.2) is 21.9 Å². The summed E-state index contributed by atoms with van der Waals surface area (Å²) in [4.78, 5) is 15.0. The summed E-state index contributed by atoms with van der Waals surface area (Å²) < 4.78 is 52.3. The zero-order valence-electron chi connectivity index (χ0n) is 18.0. The maximum Gasteiger partial charge on any atom is 0.263 e. The van der Waals surface area contributed by atoms with Gasteiger partial charge in [-0.2, -0.15) is 0 Å². The van der Waals surface area contributed by atoms with Gasteiger partial charge in [0.05, 0.1) is 6.26 Å². The van der Waals surface area contributed by atoms with E-state index in [9.17, 15) is 22.0 Å². The molecule has 4 rings (SSSR count). The van der Waals surface area contributed by atoms with E-state index in [1.807, 2.05) is 35.2 Å². The van der Waals surface area contributed by atoms with Gasteiger partial charge in [0.2, 0.25) is 15.9 Å². The molecular formula is C24H28F2N2O3S. The number of nitrogens with zero attached hydrogens (tertiary/aromatic N) is 1. The third-order valence-corrected chi connectivity index (χ3v) is 7.10. The molecule has 0 bridgehead atoms. The van der Waals surface area contributed by atoms with E-state index in [4.69, 9.17) is 0 Å². The highest BCUT2D eigenvalue weighted by molar-refractivity contribution is 7.88. The van der Waals surface area contributed by atoms with Crippen molar-refractivity contribution in [2.75, 3.05) is 19.3 Å². The predicted octanol–water partition coefficient (Wildman–Crippen LogP) is 4.33. The van der Waals surface area contributed by atoms with Crippen molar-refractivity contribution in [3.63, 3.8) is 0 Å². The second kappa shape index (κ2) is 9.27. The third kappa shape index (κ3) is 5.35. The molecule has 1 saturated heterocycles. The molecule has 0 radical (unpaired) electrons. The van der Waals surface area contributed by atoms with Gasteiger partial charge in [-0.3, -0.25) is 4.79 Å². The molecule has 1 aliphatic heterocycles. The molecule has 0 aromatic heterocycles. The standard InChI is InChI=1S/C24H28F2N2O3S/c1-32(30,31)27-18-8-5-12-28(13-11-18)24(29)22-15-21(22)19-10-9-17(23(25)26)14-20(19)16-6-3-2-4-7-16/h2-4,6-7,9-10,14,18,21-23,27H,5,8,11-13,15H2,1H3/t18-,21-,22+/m0/s1. The average molecular weight is 463 g/mol. The van der Waals surface area contributed by atoms with Gasteiger partial charge >= 0.3 is 0 Å². The van der Waals surface area contributed by atoms with Crippen molar-refractivity contribution < 1.29 is 22.0 Å². The minimum Gasteiger partial charge on any atom is -0.342 e. The van der Waals surface area contributed by atoms with Crippen molar-refractivity contribution in [2.45, 2.75) is 44.1 Å². The van der Waals surface area contributed by atoms with E-state index in [1.165, 1.54) is 6.07 Å². The number of amides is 1. The van der Waals surface area contributed by atoms with E-state index in [-0.39, 0.29) is 29.3 Å². The first kappa shape index (κ1) is 22.9. The number of alkyl halides is 2. The van der Waals surface area contributed by atoms with Gasteiger partial charge in [-0.05, 0) is 54.4 Å². The molecule has 1 heterocycles. The Morgan fingerprint density at radius 2 is 1.84 bits per heavy atom. The Balaban J connectivity index is 1.49. The molecule has 2 aliphatic rings. The van der Waals surface area contributed by atoms with Crippen LogP contribution in [0.3, 0.4) is 0 Å².